The molecule has 0 aliphatic rings. The van der Waals surface area contributed by atoms with E-state index < -0.39 is 0 Å². The summed E-state index contributed by atoms with van der Waals surface area (Å²) in [5, 5.41) is 0. The van der Waals surface area contributed by atoms with E-state index in [9.17, 15) is 0 Å². The van der Waals surface area contributed by atoms with E-state index in [0.717, 1.165) is 0 Å². The van der Waals surface area contributed by atoms with E-state index in [4.69, 9.17) is 0 Å². The van der Waals surface area contributed by atoms with Gasteiger partial charge in [0, 0.05) is 18.6 Å². The third-order valence-corrected chi connectivity index (χ3v) is 0.736. The van der Waals surface area contributed by atoms with Gasteiger partial charge in [-0.05, 0) is 0 Å². The third-order valence-electron chi connectivity index (χ3n) is 0.736. The van der Waals surface area contributed by atoms with Gasteiger partial charge in [-0.15, -0.1) is 12.4 Å². The van der Waals surface area contributed by atoms with Crippen LogP contribution in [0.3, 0.4) is 0 Å². The summed E-state index contributed by atoms with van der Waals surface area (Å²) in [7, 11) is 0. The summed E-state index contributed by atoms with van der Waals surface area (Å²) in [4.78, 5) is 3.78. The summed E-state index contributed by atoms with van der Waals surface area (Å²) < 4.78 is 1.78. The fraction of sp³-hybridized carbons (Fsp3) is 0. The van der Waals surface area contributed by atoms with Crippen LogP contribution < -0.4 is 0 Å². The molecule has 4 heteroatoms. The number of nitrogens with zero attached hydrogens (tertiary/aromatic N) is 2. The van der Waals surface area contributed by atoms with Crippen LogP contribution in [-0.4, -0.2) is 32.6 Å². The lowest BCUT2D eigenvalue weighted by molar-refractivity contribution is 1.14. The highest BCUT2D eigenvalue weighted by Crippen LogP contribution is 1.81. The lowest BCUT2D eigenvalue weighted by Crippen LogP contribution is -1.73. The molecule has 0 aliphatic carbocycles. The summed E-state index contributed by atoms with van der Waals surface area (Å²) >= 11 is 0. The molecule has 0 spiro atoms. The highest BCUT2D eigenvalue weighted by Gasteiger charge is 1.73. The Morgan fingerprint density at radius 1 is 1.56 bits per heavy atom. The van der Waals surface area contributed by atoms with Gasteiger partial charge in [0.2, 0.25) is 0 Å². The molecule has 1 rings (SSSR count). The van der Waals surface area contributed by atoms with Crippen molar-refractivity contribution in [3.63, 3.8) is 0 Å². The van der Waals surface area contributed by atoms with Gasteiger partial charge in [0.25, 0.3) is 0 Å². The smallest absolute Gasteiger partial charge is 0.314 e. The van der Waals surface area contributed by atoms with Gasteiger partial charge in [-0.3, -0.25) is 0 Å². The molecule has 0 amide bonds. The van der Waals surface area contributed by atoms with Crippen molar-refractivity contribution in [3.05, 3.63) is 25.3 Å². The Hall–Kier alpha value is 0.00623. The minimum atomic E-state index is 0. The highest BCUT2D eigenvalue weighted by atomic mass is 35.5. The quantitative estimate of drug-likeness (QED) is 0.542. The molecule has 0 bridgehead atoms. The predicted octanol–water partition coefficient (Wildman–Crippen LogP) is 0.489. The second-order valence-corrected chi connectivity index (χ2v) is 1.19. The van der Waals surface area contributed by atoms with E-state index in [0.29, 0.717) is 0 Å². The standard InChI is InChI=1S/C5H6N2.ClH.Mg.2H/c1-2-7-4-3-6-5-7;;;;/h2-5H,1H2;1H;;;. The molecule has 9 heavy (non-hydrogen) atoms. The predicted molar refractivity (Wildman–Crippen MR) is 44.4 cm³/mol. The Labute approximate surface area is 76.5 Å². The summed E-state index contributed by atoms with van der Waals surface area (Å²) in [5.74, 6) is 0. The van der Waals surface area contributed by atoms with Gasteiger partial charge in [0.1, 0.15) is 0 Å². The SMILES string of the molecule is C=Cn1ccnc1.Cl.[MgH2]. The summed E-state index contributed by atoms with van der Waals surface area (Å²) in [6.45, 7) is 3.53. The Kier molecular flexibility index (Phi) is 8.01. The van der Waals surface area contributed by atoms with Crippen LogP contribution in [0.2, 0.25) is 0 Å². The molecule has 48 valence electrons. The van der Waals surface area contributed by atoms with E-state index in [2.05, 4.69) is 11.6 Å². The Morgan fingerprint density at radius 2 is 2.22 bits per heavy atom. The normalized spacial score (nSPS) is 6.67. The maximum atomic E-state index is 3.78. The first kappa shape index (κ1) is 11.8. The average Bonchev–Trinajstić information content (AvgIpc) is 2.14. The Bertz CT molecular complexity index is 150. The summed E-state index contributed by atoms with van der Waals surface area (Å²) in [5.41, 5.74) is 0. The van der Waals surface area contributed by atoms with Gasteiger partial charge in [-0.1, -0.05) is 6.58 Å². The van der Waals surface area contributed by atoms with E-state index in [-0.39, 0.29) is 35.5 Å². The third kappa shape index (κ3) is 3.56. The van der Waals surface area contributed by atoms with Crippen LogP contribution in [0.15, 0.2) is 25.3 Å². The zero-order chi connectivity index (χ0) is 5.11. The lowest BCUT2D eigenvalue weighted by atomic mass is 10.9. The molecular formula is C5H9ClMgN2. The first-order valence-electron chi connectivity index (χ1n) is 2.03. The maximum absolute atomic E-state index is 3.78. The second-order valence-electron chi connectivity index (χ2n) is 1.19. The molecule has 2 nitrogen and oxygen atoms in total. The van der Waals surface area contributed by atoms with Crippen molar-refractivity contribution in [1.29, 1.82) is 0 Å². The van der Waals surface area contributed by atoms with E-state index in [1.165, 1.54) is 0 Å². The first-order valence-corrected chi connectivity index (χ1v) is 2.03. The minimum absolute atomic E-state index is 0. The number of rotatable bonds is 1. The van der Waals surface area contributed by atoms with Crippen molar-refractivity contribution < 1.29 is 0 Å². The van der Waals surface area contributed by atoms with Crippen LogP contribution in [-0.2, 0) is 0 Å². The molecule has 0 aromatic carbocycles. The van der Waals surface area contributed by atoms with Gasteiger partial charge in [0.05, 0.1) is 6.33 Å². The van der Waals surface area contributed by atoms with E-state index in [1.54, 1.807) is 23.3 Å². The number of aromatic nitrogens is 2. The summed E-state index contributed by atoms with van der Waals surface area (Å²) in [6, 6.07) is 0. The first-order chi connectivity index (χ1) is 3.43. The topological polar surface area (TPSA) is 17.8 Å². The highest BCUT2D eigenvalue weighted by molar-refractivity contribution is 5.85. The van der Waals surface area contributed by atoms with Crippen molar-refractivity contribution >= 4 is 41.7 Å². The molecule has 0 saturated carbocycles. The zero-order valence-corrected chi connectivity index (χ0v) is 5.14. The lowest BCUT2D eigenvalue weighted by Gasteiger charge is -1.80. The molecule has 1 heterocycles. The fourth-order valence-corrected chi connectivity index (χ4v) is 0.377. The van der Waals surface area contributed by atoms with Gasteiger partial charge >= 0.3 is 23.1 Å². The number of hydrogen-bond donors (Lipinski definition) is 0. The molecular weight excluding hydrogens is 148 g/mol. The van der Waals surface area contributed by atoms with Gasteiger partial charge in [-0.2, -0.15) is 0 Å². The van der Waals surface area contributed by atoms with E-state index in [1.807, 2.05) is 6.20 Å². The number of halogens is 1. The van der Waals surface area contributed by atoms with Crippen LogP contribution in [0.4, 0.5) is 0 Å². The molecule has 0 atom stereocenters. The zero-order valence-electron chi connectivity index (χ0n) is 4.32. The Morgan fingerprint density at radius 3 is 2.44 bits per heavy atom. The van der Waals surface area contributed by atoms with Crippen molar-refractivity contribution in [2.24, 2.45) is 0 Å². The molecule has 1 aromatic heterocycles. The monoisotopic (exact) mass is 156 g/mol. The summed E-state index contributed by atoms with van der Waals surface area (Å²) in [6.07, 6.45) is 6.91. The van der Waals surface area contributed by atoms with Gasteiger partial charge < -0.3 is 4.57 Å². The molecule has 0 saturated heterocycles. The van der Waals surface area contributed by atoms with Crippen molar-refractivity contribution in [2.75, 3.05) is 0 Å². The van der Waals surface area contributed by atoms with Crippen molar-refractivity contribution in [3.8, 4) is 0 Å². The molecule has 0 aliphatic heterocycles. The van der Waals surface area contributed by atoms with Crippen molar-refractivity contribution in [1.82, 2.24) is 9.55 Å². The van der Waals surface area contributed by atoms with Gasteiger partial charge in [0.15, 0.2) is 0 Å². The van der Waals surface area contributed by atoms with E-state index >= 15 is 0 Å². The van der Waals surface area contributed by atoms with Crippen LogP contribution >= 0.6 is 12.4 Å². The fourth-order valence-electron chi connectivity index (χ4n) is 0.377. The molecule has 1 aromatic rings. The molecule has 0 fully saturated rings. The maximum Gasteiger partial charge on any atom is 0.316 e. The van der Waals surface area contributed by atoms with Crippen LogP contribution in [0.5, 0.6) is 0 Å². The molecule has 0 N–H and O–H groups in total. The van der Waals surface area contributed by atoms with Crippen LogP contribution in [0.25, 0.3) is 6.20 Å². The number of hydrogen-bond acceptors (Lipinski definition) is 1. The second kappa shape index (κ2) is 6.13. The van der Waals surface area contributed by atoms with Crippen LogP contribution in [0.1, 0.15) is 0 Å². The largest absolute Gasteiger partial charge is 0.316 e. The average molecular weight is 157 g/mol. The molecule has 0 unspecified atom stereocenters. The van der Waals surface area contributed by atoms with Gasteiger partial charge in [-0.25, -0.2) is 4.98 Å². The van der Waals surface area contributed by atoms with Crippen molar-refractivity contribution in [2.45, 2.75) is 0 Å². The molecule has 0 radical (unpaired) electrons. The van der Waals surface area contributed by atoms with Crippen LogP contribution in [0, 0.1) is 0 Å². The number of imidazole rings is 1. The Balaban J connectivity index is 0. The minimum Gasteiger partial charge on any atom is -0.314 e.